The van der Waals surface area contributed by atoms with E-state index >= 15 is 0 Å². The number of rotatable bonds is 9. The molecule has 1 rings (SSSR count). The third kappa shape index (κ3) is 7.68. The van der Waals surface area contributed by atoms with Gasteiger partial charge in [-0.25, -0.2) is 4.79 Å². The second-order valence-corrected chi connectivity index (χ2v) is 6.74. The zero-order chi connectivity index (χ0) is 15.4. The minimum Gasteiger partial charge on any atom is -0.462 e. The predicted molar refractivity (Wildman–Crippen MR) is 89.3 cm³/mol. The Balaban J connectivity index is 2.49. The van der Waals surface area contributed by atoms with Gasteiger partial charge in [0.2, 0.25) is 0 Å². The van der Waals surface area contributed by atoms with Gasteiger partial charge in [0.1, 0.15) is 0 Å². The molecular formula is C19H34O2. The molecule has 0 radical (unpaired) electrons. The number of unbranched alkanes of at least 4 members (excludes halogenated alkanes) is 4. The summed E-state index contributed by atoms with van der Waals surface area (Å²) in [5, 5.41) is 0. The number of esters is 1. The molecule has 0 heterocycles. The van der Waals surface area contributed by atoms with Crippen LogP contribution in [-0.4, -0.2) is 12.6 Å². The van der Waals surface area contributed by atoms with Crippen molar-refractivity contribution in [2.45, 2.75) is 90.4 Å². The third-order valence-corrected chi connectivity index (χ3v) is 4.91. The molecule has 0 saturated heterocycles. The molecule has 2 nitrogen and oxygen atoms in total. The van der Waals surface area contributed by atoms with E-state index in [0.717, 1.165) is 0 Å². The summed E-state index contributed by atoms with van der Waals surface area (Å²) >= 11 is 0. The Morgan fingerprint density at radius 3 is 2.29 bits per heavy atom. The van der Waals surface area contributed by atoms with Crippen LogP contribution in [0.3, 0.4) is 0 Å². The standard InChI is InChI=1S/C19H34O2/c1-3-5-6-8-11-14-19(17-21-18(20)4-2)15-12-9-7-10-13-16-19/h4H,2-3,5-17H2,1H3. The number of ether oxygens (including phenoxy) is 1. The fourth-order valence-electron chi connectivity index (χ4n) is 3.51. The van der Waals surface area contributed by atoms with Crippen LogP contribution in [0.4, 0.5) is 0 Å². The molecule has 0 aliphatic heterocycles. The first-order valence-corrected chi connectivity index (χ1v) is 9.02. The van der Waals surface area contributed by atoms with Crippen molar-refractivity contribution in [1.29, 1.82) is 0 Å². The van der Waals surface area contributed by atoms with Gasteiger partial charge in [0.25, 0.3) is 0 Å². The van der Waals surface area contributed by atoms with Gasteiger partial charge in [-0.05, 0) is 19.3 Å². The Labute approximate surface area is 131 Å². The van der Waals surface area contributed by atoms with Crippen LogP contribution in [-0.2, 0) is 9.53 Å². The summed E-state index contributed by atoms with van der Waals surface area (Å²) in [5.41, 5.74) is 0.241. The van der Waals surface area contributed by atoms with Crippen LogP contribution in [0.5, 0.6) is 0 Å². The summed E-state index contributed by atoms with van der Waals surface area (Å²) in [4.78, 5) is 11.4. The summed E-state index contributed by atoms with van der Waals surface area (Å²) in [6, 6.07) is 0. The van der Waals surface area contributed by atoms with E-state index in [2.05, 4.69) is 13.5 Å². The molecule has 0 bridgehead atoms. The summed E-state index contributed by atoms with van der Waals surface area (Å²) in [6.45, 7) is 6.36. The Kier molecular flexibility index (Phi) is 9.45. The van der Waals surface area contributed by atoms with E-state index in [1.165, 1.54) is 89.5 Å². The van der Waals surface area contributed by atoms with E-state index < -0.39 is 0 Å². The molecule has 0 atom stereocenters. The molecule has 0 aromatic heterocycles. The highest BCUT2D eigenvalue weighted by atomic mass is 16.5. The van der Waals surface area contributed by atoms with Gasteiger partial charge in [0, 0.05) is 11.5 Å². The first-order chi connectivity index (χ1) is 10.2. The number of carbonyl (C=O) groups excluding carboxylic acids is 1. The molecule has 0 amide bonds. The van der Waals surface area contributed by atoms with Crippen LogP contribution in [0.1, 0.15) is 90.4 Å². The van der Waals surface area contributed by atoms with Crippen molar-refractivity contribution in [3.63, 3.8) is 0 Å². The maximum absolute atomic E-state index is 11.4. The van der Waals surface area contributed by atoms with Crippen molar-refractivity contribution in [2.24, 2.45) is 5.41 Å². The van der Waals surface area contributed by atoms with Gasteiger partial charge < -0.3 is 4.74 Å². The Bertz CT molecular complexity index is 288. The lowest BCUT2D eigenvalue weighted by Crippen LogP contribution is -2.29. The van der Waals surface area contributed by atoms with E-state index in [9.17, 15) is 4.79 Å². The van der Waals surface area contributed by atoms with Gasteiger partial charge in [0.15, 0.2) is 0 Å². The number of carbonyl (C=O) groups is 1. The van der Waals surface area contributed by atoms with E-state index in [1.807, 2.05) is 0 Å². The smallest absolute Gasteiger partial charge is 0.330 e. The molecule has 1 saturated carbocycles. The molecular weight excluding hydrogens is 260 g/mol. The molecule has 0 aromatic carbocycles. The zero-order valence-corrected chi connectivity index (χ0v) is 14.0. The normalized spacial score (nSPS) is 18.5. The summed E-state index contributed by atoms with van der Waals surface area (Å²) in [6.07, 6.45) is 18.2. The fraction of sp³-hybridized carbons (Fsp3) is 0.842. The quantitative estimate of drug-likeness (QED) is 0.305. The number of hydrogen-bond acceptors (Lipinski definition) is 2. The highest BCUT2D eigenvalue weighted by Gasteiger charge is 2.31. The molecule has 1 fully saturated rings. The molecule has 2 heteroatoms. The molecule has 0 N–H and O–H groups in total. The average Bonchev–Trinajstić information content (AvgIpc) is 2.47. The Morgan fingerprint density at radius 2 is 1.67 bits per heavy atom. The van der Waals surface area contributed by atoms with Crippen molar-refractivity contribution in [2.75, 3.05) is 6.61 Å². The van der Waals surface area contributed by atoms with Gasteiger partial charge in [0.05, 0.1) is 6.61 Å². The Morgan fingerprint density at radius 1 is 1.05 bits per heavy atom. The molecule has 0 unspecified atom stereocenters. The SMILES string of the molecule is C=CC(=O)OCC1(CCCCCCC)CCCCCCC1. The van der Waals surface area contributed by atoms with E-state index in [1.54, 1.807) is 0 Å². The lowest BCUT2D eigenvalue weighted by atomic mass is 9.73. The second kappa shape index (κ2) is 10.9. The summed E-state index contributed by atoms with van der Waals surface area (Å²) in [7, 11) is 0. The van der Waals surface area contributed by atoms with E-state index in [4.69, 9.17) is 4.74 Å². The van der Waals surface area contributed by atoms with Crippen LogP contribution in [0.15, 0.2) is 12.7 Å². The van der Waals surface area contributed by atoms with Gasteiger partial charge in [-0.2, -0.15) is 0 Å². The monoisotopic (exact) mass is 294 g/mol. The lowest BCUT2D eigenvalue weighted by Gasteiger charge is -2.35. The van der Waals surface area contributed by atoms with Gasteiger partial charge in [-0.1, -0.05) is 77.7 Å². The molecule has 1 aliphatic rings. The minimum absolute atomic E-state index is 0.241. The van der Waals surface area contributed by atoms with Crippen LogP contribution < -0.4 is 0 Å². The zero-order valence-electron chi connectivity index (χ0n) is 14.0. The first kappa shape index (κ1) is 18.3. The topological polar surface area (TPSA) is 26.3 Å². The third-order valence-electron chi connectivity index (χ3n) is 4.91. The highest BCUT2D eigenvalue weighted by Crippen LogP contribution is 2.39. The molecule has 0 spiro atoms. The minimum atomic E-state index is -0.262. The van der Waals surface area contributed by atoms with Crippen molar-refractivity contribution < 1.29 is 9.53 Å². The van der Waals surface area contributed by atoms with E-state index in [-0.39, 0.29) is 11.4 Å². The van der Waals surface area contributed by atoms with Crippen LogP contribution in [0, 0.1) is 5.41 Å². The van der Waals surface area contributed by atoms with Crippen molar-refractivity contribution in [3.8, 4) is 0 Å². The van der Waals surface area contributed by atoms with Crippen molar-refractivity contribution in [1.82, 2.24) is 0 Å². The second-order valence-electron chi connectivity index (χ2n) is 6.74. The van der Waals surface area contributed by atoms with Crippen LogP contribution >= 0.6 is 0 Å². The molecule has 0 aromatic rings. The highest BCUT2D eigenvalue weighted by molar-refractivity contribution is 5.81. The number of hydrogen-bond donors (Lipinski definition) is 0. The predicted octanol–water partition coefficient (Wildman–Crippen LogP) is 5.81. The Hall–Kier alpha value is -0.790. The molecule has 122 valence electrons. The van der Waals surface area contributed by atoms with Crippen molar-refractivity contribution in [3.05, 3.63) is 12.7 Å². The maximum Gasteiger partial charge on any atom is 0.330 e. The summed E-state index contributed by atoms with van der Waals surface area (Å²) < 4.78 is 5.45. The van der Waals surface area contributed by atoms with Gasteiger partial charge >= 0.3 is 5.97 Å². The summed E-state index contributed by atoms with van der Waals surface area (Å²) in [5.74, 6) is -0.262. The van der Waals surface area contributed by atoms with Crippen LogP contribution in [0.25, 0.3) is 0 Å². The lowest BCUT2D eigenvalue weighted by molar-refractivity contribution is -0.142. The largest absolute Gasteiger partial charge is 0.462 e. The van der Waals surface area contributed by atoms with E-state index in [0.29, 0.717) is 6.61 Å². The van der Waals surface area contributed by atoms with Gasteiger partial charge in [-0.3, -0.25) is 0 Å². The first-order valence-electron chi connectivity index (χ1n) is 9.02. The van der Waals surface area contributed by atoms with Gasteiger partial charge in [-0.15, -0.1) is 0 Å². The maximum atomic E-state index is 11.4. The van der Waals surface area contributed by atoms with Crippen LogP contribution in [0.2, 0.25) is 0 Å². The molecule has 1 aliphatic carbocycles. The molecule has 21 heavy (non-hydrogen) atoms. The van der Waals surface area contributed by atoms with Crippen molar-refractivity contribution >= 4 is 5.97 Å². The average molecular weight is 294 g/mol. The fourth-order valence-corrected chi connectivity index (χ4v) is 3.51.